The van der Waals surface area contributed by atoms with E-state index in [9.17, 15) is 0 Å². The van der Waals surface area contributed by atoms with E-state index < -0.39 is 0 Å². The zero-order valence-corrected chi connectivity index (χ0v) is 10.5. The average Bonchev–Trinajstić information content (AvgIpc) is 2.17. The van der Waals surface area contributed by atoms with Crippen LogP contribution in [0.2, 0.25) is 0 Å². The number of likely N-dealkylation sites (N-methyl/N-ethyl adjacent to an activating group) is 2. The van der Waals surface area contributed by atoms with Gasteiger partial charge in [-0.3, -0.25) is 4.90 Å². The third-order valence-electron chi connectivity index (χ3n) is 3.44. The van der Waals surface area contributed by atoms with Gasteiger partial charge in [0.15, 0.2) is 0 Å². The second-order valence-corrected chi connectivity index (χ2v) is 4.55. The summed E-state index contributed by atoms with van der Waals surface area (Å²) in [6.45, 7) is 6.49. The lowest BCUT2D eigenvalue weighted by Gasteiger charge is -2.36. The molecule has 0 aliphatic heterocycles. The van der Waals surface area contributed by atoms with E-state index in [-0.39, 0.29) is 0 Å². The van der Waals surface area contributed by atoms with Gasteiger partial charge in [0, 0.05) is 26.2 Å². The lowest BCUT2D eigenvalue weighted by atomic mass is 9.85. The monoisotopic (exact) mass is 214 g/mol. The summed E-state index contributed by atoms with van der Waals surface area (Å²) < 4.78 is 5.29. The van der Waals surface area contributed by atoms with Crippen molar-refractivity contribution in [3.63, 3.8) is 0 Å². The first kappa shape index (κ1) is 12.9. The number of nitrogens with zero attached hydrogens (tertiary/aromatic N) is 1. The minimum Gasteiger partial charge on any atom is -0.383 e. The minimum atomic E-state index is 0.533. The van der Waals surface area contributed by atoms with Crippen molar-refractivity contribution < 1.29 is 4.74 Å². The molecule has 0 amide bonds. The molecule has 1 aliphatic rings. The molecule has 1 saturated carbocycles. The van der Waals surface area contributed by atoms with Crippen molar-refractivity contribution in [2.45, 2.75) is 32.2 Å². The second kappa shape index (κ2) is 7.20. The minimum absolute atomic E-state index is 0.533. The van der Waals surface area contributed by atoms with E-state index in [2.05, 4.69) is 17.1 Å². The Morgan fingerprint density at radius 3 is 2.60 bits per heavy atom. The lowest BCUT2D eigenvalue weighted by Crippen LogP contribution is -2.47. The Morgan fingerprint density at radius 1 is 1.47 bits per heavy atom. The fourth-order valence-electron chi connectivity index (χ4n) is 2.26. The molecule has 1 fully saturated rings. The highest BCUT2D eigenvalue weighted by Crippen LogP contribution is 2.27. The number of nitrogens with one attached hydrogen (secondary N) is 1. The SMILES string of the molecule is CCN(CC1CCC1)C(CNC)COC. The van der Waals surface area contributed by atoms with E-state index in [0.717, 1.165) is 25.6 Å². The van der Waals surface area contributed by atoms with Crippen molar-refractivity contribution in [1.82, 2.24) is 10.2 Å². The Balaban J connectivity index is 2.35. The van der Waals surface area contributed by atoms with Gasteiger partial charge < -0.3 is 10.1 Å². The molecule has 0 aromatic heterocycles. The molecule has 90 valence electrons. The van der Waals surface area contributed by atoms with Crippen LogP contribution in [0.25, 0.3) is 0 Å². The van der Waals surface area contributed by atoms with Gasteiger partial charge in [-0.15, -0.1) is 0 Å². The summed E-state index contributed by atoms with van der Waals surface area (Å²) in [7, 11) is 3.81. The van der Waals surface area contributed by atoms with Gasteiger partial charge in [0.2, 0.25) is 0 Å². The van der Waals surface area contributed by atoms with Crippen LogP contribution in [-0.2, 0) is 4.74 Å². The number of methoxy groups -OCH3 is 1. The van der Waals surface area contributed by atoms with Crippen LogP contribution in [0.5, 0.6) is 0 Å². The van der Waals surface area contributed by atoms with Gasteiger partial charge >= 0.3 is 0 Å². The van der Waals surface area contributed by atoms with Crippen LogP contribution in [0.1, 0.15) is 26.2 Å². The maximum atomic E-state index is 5.29. The first-order valence-electron chi connectivity index (χ1n) is 6.19. The second-order valence-electron chi connectivity index (χ2n) is 4.55. The lowest BCUT2D eigenvalue weighted by molar-refractivity contribution is 0.0711. The van der Waals surface area contributed by atoms with Crippen molar-refractivity contribution in [3.05, 3.63) is 0 Å². The molecule has 1 aliphatic carbocycles. The van der Waals surface area contributed by atoms with E-state index in [1.807, 2.05) is 7.05 Å². The van der Waals surface area contributed by atoms with Crippen LogP contribution in [0.4, 0.5) is 0 Å². The smallest absolute Gasteiger partial charge is 0.0630 e. The molecule has 15 heavy (non-hydrogen) atoms. The summed E-state index contributed by atoms with van der Waals surface area (Å²) in [6, 6.07) is 0.533. The predicted molar refractivity (Wildman–Crippen MR) is 64.2 cm³/mol. The summed E-state index contributed by atoms with van der Waals surface area (Å²) in [6.07, 6.45) is 4.29. The van der Waals surface area contributed by atoms with Gasteiger partial charge in [-0.2, -0.15) is 0 Å². The number of ether oxygens (including phenoxy) is 1. The topological polar surface area (TPSA) is 24.5 Å². The molecule has 0 aromatic rings. The molecule has 3 nitrogen and oxygen atoms in total. The van der Waals surface area contributed by atoms with Crippen LogP contribution in [0.15, 0.2) is 0 Å². The largest absolute Gasteiger partial charge is 0.383 e. The molecule has 1 atom stereocenters. The van der Waals surface area contributed by atoms with Gasteiger partial charge in [0.05, 0.1) is 6.61 Å². The molecule has 1 rings (SSSR count). The van der Waals surface area contributed by atoms with E-state index in [1.165, 1.54) is 25.8 Å². The molecule has 0 spiro atoms. The Morgan fingerprint density at radius 2 is 2.20 bits per heavy atom. The van der Waals surface area contributed by atoms with Crippen LogP contribution >= 0.6 is 0 Å². The highest BCUT2D eigenvalue weighted by molar-refractivity contribution is 4.79. The highest BCUT2D eigenvalue weighted by atomic mass is 16.5. The average molecular weight is 214 g/mol. The molecule has 1 unspecified atom stereocenters. The summed E-state index contributed by atoms with van der Waals surface area (Å²) in [5, 5.41) is 3.26. The number of hydrogen-bond donors (Lipinski definition) is 1. The molecule has 0 heterocycles. The molecule has 0 radical (unpaired) electrons. The summed E-state index contributed by atoms with van der Waals surface area (Å²) in [5.74, 6) is 0.946. The Kier molecular flexibility index (Phi) is 6.22. The normalized spacial score (nSPS) is 19.2. The highest BCUT2D eigenvalue weighted by Gasteiger charge is 2.24. The fraction of sp³-hybridized carbons (Fsp3) is 1.00. The van der Waals surface area contributed by atoms with Gasteiger partial charge in [0.1, 0.15) is 0 Å². The van der Waals surface area contributed by atoms with Gasteiger partial charge in [-0.1, -0.05) is 13.3 Å². The van der Waals surface area contributed by atoms with Gasteiger partial charge in [-0.05, 0) is 32.4 Å². The quantitative estimate of drug-likeness (QED) is 0.660. The van der Waals surface area contributed by atoms with Crippen molar-refractivity contribution in [3.8, 4) is 0 Å². The summed E-state index contributed by atoms with van der Waals surface area (Å²) in [5.41, 5.74) is 0. The molecule has 0 aromatic carbocycles. The zero-order chi connectivity index (χ0) is 11.1. The summed E-state index contributed by atoms with van der Waals surface area (Å²) in [4.78, 5) is 2.56. The van der Waals surface area contributed by atoms with Crippen molar-refractivity contribution >= 4 is 0 Å². The van der Waals surface area contributed by atoms with Crippen molar-refractivity contribution in [2.75, 3.05) is 40.4 Å². The van der Waals surface area contributed by atoms with Crippen LogP contribution < -0.4 is 5.32 Å². The van der Waals surface area contributed by atoms with E-state index in [1.54, 1.807) is 7.11 Å². The van der Waals surface area contributed by atoms with Gasteiger partial charge in [-0.25, -0.2) is 0 Å². The zero-order valence-electron chi connectivity index (χ0n) is 10.5. The molecule has 0 saturated heterocycles. The maximum Gasteiger partial charge on any atom is 0.0630 e. The fourth-order valence-corrected chi connectivity index (χ4v) is 2.26. The van der Waals surface area contributed by atoms with Crippen molar-refractivity contribution in [1.29, 1.82) is 0 Å². The molecular weight excluding hydrogens is 188 g/mol. The molecular formula is C12H26N2O. The van der Waals surface area contributed by atoms with E-state index in [0.29, 0.717) is 6.04 Å². The van der Waals surface area contributed by atoms with E-state index in [4.69, 9.17) is 4.74 Å². The van der Waals surface area contributed by atoms with Crippen molar-refractivity contribution in [2.24, 2.45) is 5.92 Å². The third kappa shape index (κ3) is 4.09. The number of rotatable bonds is 8. The first-order valence-corrected chi connectivity index (χ1v) is 6.19. The van der Waals surface area contributed by atoms with Crippen LogP contribution in [0.3, 0.4) is 0 Å². The Labute approximate surface area is 94.2 Å². The number of hydrogen-bond acceptors (Lipinski definition) is 3. The molecule has 0 bridgehead atoms. The van der Waals surface area contributed by atoms with Crippen LogP contribution in [-0.4, -0.2) is 51.3 Å². The van der Waals surface area contributed by atoms with E-state index >= 15 is 0 Å². The third-order valence-corrected chi connectivity index (χ3v) is 3.44. The molecule has 1 N–H and O–H groups in total. The van der Waals surface area contributed by atoms with Gasteiger partial charge in [0.25, 0.3) is 0 Å². The predicted octanol–water partition coefficient (Wildman–Crippen LogP) is 1.34. The first-order chi connectivity index (χ1) is 7.31. The Bertz CT molecular complexity index is 154. The molecule has 3 heteroatoms. The Hall–Kier alpha value is -0.120. The summed E-state index contributed by atoms with van der Waals surface area (Å²) >= 11 is 0. The maximum absolute atomic E-state index is 5.29. The van der Waals surface area contributed by atoms with Crippen LogP contribution in [0, 0.1) is 5.92 Å². The standard InChI is InChI=1S/C12H26N2O/c1-4-14(9-11-6-5-7-11)12(8-13-2)10-15-3/h11-13H,4-10H2,1-3H3.